The molecule has 1 heterocycles. The summed E-state index contributed by atoms with van der Waals surface area (Å²) in [5, 5.41) is 3.07. The molecule has 1 aromatic carbocycles. The maximum absolute atomic E-state index is 13.6. The summed E-state index contributed by atoms with van der Waals surface area (Å²) < 4.78 is 19.0. The molecule has 1 aliphatic rings. The highest BCUT2D eigenvalue weighted by Gasteiger charge is 2.34. The molecule has 4 nitrogen and oxygen atoms in total. The Hall–Kier alpha value is -1.62. The van der Waals surface area contributed by atoms with E-state index < -0.39 is 0 Å². The Morgan fingerprint density at radius 1 is 1.43 bits per heavy atom. The summed E-state index contributed by atoms with van der Waals surface area (Å²) in [6.07, 6.45) is 2.67. The quantitative estimate of drug-likeness (QED) is 0.646. The molecule has 0 saturated carbocycles. The van der Waals surface area contributed by atoms with Gasteiger partial charge in [0.2, 0.25) is 0 Å². The monoisotopic (exact) mass is 293 g/mol. The van der Waals surface area contributed by atoms with Gasteiger partial charge in [-0.05, 0) is 37.0 Å². The minimum absolute atomic E-state index is 0.182. The van der Waals surface area contributed by atoms with E-state index in [0.29, 0.717) is 25.7 Å². The van der Waals surface area contributed by atoms with Crippen LogP contribution in [0.5, 0.6) is 0 Å². The number of guanidine groups is 1. The molecule has 21 heavy (non-hydrogen) atoms. The Balaban J connectivity index is 2.17. The van der Waals surface area contributed by atoms with E-state index in [1.807, 2.05) is 6.07 Å². The highest BCUT2D eigenvalue weighted by atomic mass is 19.1. The number of nitrogens with one attached hydrogen (secondary N) is 1. The maximum Gasteiger partial charge on any atom is 0.188 e. The molecule has 1 aromatic rings. The van der Waals surface area contributed by atoms with Crippen molar-refractivity contribution in [2.45, 2.75) is 31.6 Å². The molecule has 0 spiro atoms. The molecule has 2 rings (SSSR count). The van der Waals surface area contributed by atoms with E-state index in [-0.39, 0.29) is 11.2 Å². The lowest BCUT2D eigenvalue weighted by atomic mass is 9.74. The SMILES string of the molecule is CCCNC(N)=NCC1(c2cccc(F)c2)CCOCC1. The predicted octanol–water partition coefficient (Wildman–Crippen LogP) is 2.19. The van der Waals surface area contributed by atoms with Gasteiger partial charge in [-0.25, -0.2) is 4.39 Å². The van der Waals surface area contributed by atoms with Gasteiger partial charge in [-0.1, -0.05) is 19.1 Å². The molecule has 1 saturated heterocycles. The van der Waals surface area contributed by atoms with Crippen LogP contribution in [0.3, 0.4) is 0 Å². The van der Waals surface area contributed by atoms with E-state index in [1.165, 1.54) is 6.07 Å². The Kier molecular flexibility index (Phi) is 5.56. The zero-order valence-electron chi connectivity index (χ0n) is 12.6. The van der Waals surface area contributed by atoms with E-state index in [2.05, 4.69) is 17.2 Å². The summed E-state index contributed by atoms with van der Waals surface area (Å²) in [6.45, 7) is 4.80. The van der Waals surface area contributed by atoms with Crippen LogP contribution in [0.15, 0.2) is 29.3 Å². The van der Waals surface area contributed by atoms with Gasteiger partial charge >= 0.3 is 0 Å². The van der Waals surface area contributed by atoms with Gasteiger partial charge in [-0.3, -0.25) is 4.99 Å². The molecule has 1 aliphatic heterocycles. The van der Waals surface area contributed by atoms with Crippen LogP contribution in [0.25, 0.3) is 0 Å². The molecule has 0 aliphatic carbocycles. The Morgan fingerprint density at radius 3 is 2.86 bits per heavy atom. The number of hydrogen-bond acceptors (Lipinski definition) is 2. The first-order chi connectivity index (χ1) is 10.2. The normalized spacial score (nSPS) is 18.5. The second kappa shape index (κ2) is 7.41. The highest BCUT2D eigenvalue weighted by molar-refractivity contribution is 5.77. The zero-order chi connectivity index (χ0) is 15.1. The van der Waals surface area contributed by atoms with Gasteiger partial charge in [0.25, 0.3) is 0 Å². The minimum Gasteiger partial charge on any atom is -0.381 e. The number of halogens is 1. The molecule has 5 heteroatoms. The number of nitrogens with zero attached hydrogens (tertiary/aromatic N) is 1. The highest BCUT2D eigenvalue weighted by Crippen LogP contribution is 2.35. The average molecular weight is 293 g/mol. The van der Waals surface area contributed by atoms with Crippen LogP contribution in [-0.4, -0.2) is 32.3 Å². The van der Waals surface area contributed by atoms with E-state index in [0.717, 1.165) is 31.4 Å². The second-order valence-electron chi connectivity index (χ2n) is 5.53. The summed E-state index contributed by atoms with van der Waals surface area (Å²) in [7, 11) is 0. The third-order valence-electron chi connectivity index (χ3n) is 4.00. The van der Waals surface area contributed by atoms with Crippen LogP contribution in [0, 0.1) is 5.82 Å². The van der Waals surface area contributed by atoms with Crippen molar-refractivity contribution < 1.29 is 9.13 Å². The van der Waals surface area contributed by atoms with Crippen LogP contribution in [0.4, 0.5) is 4.39 Å². The Labute approximate surface area is 125 Å². The molecule has 0 bridgehead atoms. The summed E-state index contributed by atoms with van der Waals surface area (Å²) in [4.78, 5) is 4.47. The van der Waals surface area contributed by atoms with Crippen molar-refractivity contribution in [2.75, 3.05) is 26.3 Å². The summed E-state index contributed by atoms with van der Waals surface area (Å²) in [5.41, 5.74) is 6.68. The Bertz CT molecular complexity index is 484. The van der Waals surface area contributed by atoms with Gasteiger partial charge in [-0.15, -0.1) is 0 Å². The molecular weight excluding hydrogens is 269 g/mol. The van der Waals surface area contributed by atoms with Crippen LogP contribution < -0.4 is 11.1 Å². The molecule has 0 radical (unpaired) electrons. The lowest BCUT2D eigenvalue weighted by Gasteiger charge is -2.36. The first kappa shape index (κ1) is 15.8. The van der Waals surface area contributed by atoms with Gasteiger partial charge in [0.05, 0.1) is 6.54 Å². The number of aliphatic imine (C=N–C) groups is 1. The molecule has 3 N–H and O–H groups in total. The van der Waals surface area contributed by atoms with Crippen molar-refractivity contribution in [1.29, 1.82) is 0 Å². The van der Waals surface area contributed by atoms with Crippen molar-refractivity contribution in [3.05, 3.63) is 35.6 Å². The molecule has 116 valence electrons. The van der Waals surface area contributed by atoms with Gasteiger partial charge in [-0.2, -0.15) is 0 Å². The summed E-state index contributed by atoms with van der Waals surface area (Å²) in [6, 6.07) is 6.80. The van der Waals surface area contributed by atoms with E-state index in [9.17, 15) is 4.39 Å². The van der Waals surface area contributed by atoms with Gasteiger partial charge in [0.15, 0.2) is 5.96 Å². The Morgan fingerprint density at radius 2 is 2.19 bits per heavy atom. The number of benzene rings is 1. The number of rotatable bonds is 5. The largest absolute Gasteiger partial charge is 0.381 e. The molecule has 0 aromatic heterocycles. The van der Waals surface area contributed by atoms with E-state index in [4.69, 9.17) is 10.5 Å². The van der Waals surface area contributed by atoms with Crippen molar-refractivity contribution in [3.8, 4) is 0 Å². The molecular formula is C16H24FN3O. The average Bonchev–Trinajstić information content (AvgIpc) is 2.52. The lowest BCUT2D eigenvalue weighted by Crippen LogP contribution is -2.39. The van der Waals surface area contributed by atoms with Crippen LogP contribution in [-0.2, 0) is 10.2 Å². The van der Waals surface area contributed by atoms with Crippen molar-refractivity contribution in [2.24, 2.45) is 10.7 Å². The van der Waals surface area contributed by atoms with Gasteiger partial charge in [0.1, 0.15) is 5.82 Å². The molecule has 1 fully saturated rings. The molecule has 0 amide bonds. The summed E-state index contributed by atoms with van der Waals surface area (Å²) in [5.74, 6) is 0.249. The van der Waals surface area contributed by atoms with Crippen LogP contribution in [0.1, 0.15) is 31.7 Å². The third-order valence-corrected chi connectivity index (χ3v) is 4.00. The lowest BCUT2D eigenvalue weighted by molar-refractivity contribution is 0.0530. The van der Waals surface area contributed by atoms with Crippen LogP contribution in [0.2, 0.25) is 0 Å². The van der Waals surface area contributed by atoms with E-state index >= 15 is 0 Å². The number of hydrogen-bond donors (Lipinski definition) is 2. The second-order valence-corrected chi connectivity index (χ2v) is 5.53. The minimum atomic E-state index is -0.209. The number of ether oxygens (including phenoxy) is 1. The van der Waals surface area contributed by atoms with Crippen LogP contribution >= 0.6 is 0 Å². The fraction of sp³-hybridized carbons (Fsp3) is 0.562. The van der Waals surface area contributed by atoms with Gasteiger partial charge in [0, 0.05) is 25.2 Å². The predicted molar refractivity (Wildman–Crippen MR) is 82.9 cm³/mol. The topological polar surface area (TPSA) is 59.6 Å². The fourth-order valence-electron chi connectivity index (χ4n) is 2.66. The molecule has 0 atom stereocenters. The van der Waals surface area contributed by atoms with E-state index in [1.54, 1.807) is 12.1 Å². The fourth-order valence-corrected chi connectivity index (χ4v) is 2.66. The number of nitrogens with two attached hydrogens (primary N) is 1. The van der Waals surface area contributed by atoms with Crippen molar-refractivity contribution >= 4 is 5.96 Å². The maximum atomic E-state index is 13.6. The summed E-state index contributed by atoms with van der Waals surface area (Å²) >= 11 is 0. The zero-order valence-corrected chi connectivity index (χ0v) is 12.6. The standard InChI is InChI=1S/C16H24FN3O/c1-2-8-19-15(18)20-12-16(6-9-21-10-7-16)13-4-3-5-14(17)11-13/h3-5,11H,2,6-10,12H2,1H3,(H3,18,19,20). The van der Waals surface area contributed by atoms with Crippen molar-refractivity contribution in [3.63, 3.8) is 0 Å². The first-order valence-electron chi connectivity index (χ1n) is 7.54. The third kappa shape index (κ3) is 4.17. The first-order valence-corrected chi connectivity index (χ1v) is 7.54. The smallest absolute Gasteiger partial charge is 0.188 e. The van der Waals surface area contributed by atoms with Gasteiger partial charge < -0.3 is 15.8 Å². The molecule has 0 unspecified atom stereocenters. The van der Waals surface area contributed by atoms with Crippen molar-refractivity contribution in [1.82, 2.24) is 5.32 Å².